The second-order valence-corrected chi connectivity index (χ2v) is 10.7. The summed E-state index contributed by atoms with van der Waals surface area (Å²) in [6, 6.07) is 15.3. The number of benzene rings is 2. The molecule has 168 valence electrons. The minimum absolute atomic E-state index is 0.0209. The number of thiazole rings is 1. The van der Waals surface area contributed by atoms with Crippen molar-refractivity contribution in [2.24, 2.45) is 0 Å². The number of hydrogen-bond donors (Lipinski definition) is 1. The zero-order valence-electron chi connectivity index (χ0n) is 19.2. The number of hydrogen-bond acceptors (Lipinski definition) is 4. The lowest BCUT2D eigenvalue weighted by Gasteiger charge is -2.33. The predicted octanol–water partition coefficient (Wildman–Crippen LogP) is 5.12. The van der Waals surface area contributed by atoms with E-state index in [0.29, 0.717) is 24.6 Å². The molecule has 6 heteroatoms. The summed E-state index contributed by atoms with van der Waals surface area (Å²) >= 11 is 1.76. The highest BCUT2D eigenvalue weighted by Crippen LogP contribution is 2.34. The van der Waals surface area contributed by atoms with Gasteiger partial charge in [0.2, 0.25) is 5.91 Å². The van der Waals surface area contributed by atoms with Gasteiger partial charge in [-0.3, -0.25) is 9.59 Å². The maximum atomic E-state index is 12.9. The van der Waals surface area contributed by atoms with Gasteiger partial charge in [-0.2, -0.15) is 0 Å². The lowest BCUT2D eigenvalue weighted by Crippen LogP contribution is -2.49. The molecule has 2 amide bonds. The van der Waals surface area contributed by atoms with Gasteiger partial charge in [-0.05, 0) is 55.0 Å². The van der Waals surface area contributed by atoms with E-state index in [1.54, 1.807) is 18.3 Å². The second-order valence-electron chi connectivity index (χ2n) is 9.64. The molecular weight excluding hydrogens is 418 g/mol. The van der Waals surface area contributed by atoms with Crippen LogP contribution >= 0.6 is 11.3 Å². The van der Waals surface area contributed by atoms with Crippen LogP contribution in [0.25, 0.3) is 10.2 Å². The van der Waals surface area contributed by atoms with Crippen molar-refractivity contribution in [1.82, 2.24) is 15.2 Å². The first-order valence-electron chi connectivity index (χ1n) is 11.3. The molecule has 0 bridgehead atoms. The van der Waals surface area contributed by atoms with Gasteiger partial charge in [0.15, 0.2) is 0 Å². The molecule has 1 aliphatic rings. The number of likely N-dealkylation sites (tertiary alicyclic amines) is 1. The standard InChI is InChI=1S/C26H31N3O2S/c1-17(27-23(30)18-9-11-20(12-10-18)26(2,3)4)25(31)29-15-13-19(14-16-29)24-28-21-7-5-6-8-22(21)32-24/h5-12,17,19H,13-16H2,1-4H3,(H,27,30). The normalized spacial score (nSPS) is 16.2. The van der Waals surface area contributed by atoms with Crippen molar-refractivity contribution in [2.75, 3.05) is 13.1 Å². The molecule has 0 aliphatic carbocycles. The zero-order chi connectivity index (χ0) is 22.9. The summed E-state index contributed by atoms with van der Waals surface area (Å²) in [7, 11) is 0. The van der Waals surface area contributed by atoms with Crippen LogP contribution in [0, 0.1) is 0 Å². The third-order valence-electron chi connectivity index (χ3n) is 6.20. The van der Waals surface area contributed by atoms with Crippen molar-refractivity contribution < 1.29 is 9.59 Å². The van der Waals surface area contributed by atoms with E-state index in [1.165, 1.54) is 15.3 Å². The van der Waals surface area contributed by atoms with Gasteiger partial charge < -0.3 is 10.2 Å². The van der Waals surface area contributed by atoms with E-state index in [9.17, 15) is 9.59 Å². The Balaban J connectivity index is 1.32. The molecule has 1 fully saturated rings. The molecule has 0 spiro atoms. The van der Waals surface area contributed by atoms with Crippen LogP contribution in [-0.2, 0) is 10.2 Å². The predicted molar refractivity (Wildman–Crippen MR) is 130 cm³/mol. The van der Waals surface area contributed by atoms with Crippen LogP contribution < -0.4 is 5.32 Å². The number of rotatable bonds is 4. The smallest absolute Gasteiger partial charge is 0.251 e. The molecule has 0 saturated carbocycles. The average Bonchev–Trinajstić information content (AvgIpc) is 3.22. The van der Waals surface area contributed by atoms with Crippen LogP contribution in [0.2, 0.25) is 0 Å². The van der Waals surface area contributed by atoms with Gasteiger partial charge in [0, 0.05) is 24.6 Å². The summed E-state index contributed by atoms with van der Waals surface area (Å²) in [5, 5.41) is 4.04. The van der Waals surface area contributed by atoms with Gasteiger partial charge in [-0.1, -0.05) is 45.0 Å². The van der Waals surface area contributed by atoms with Crippen molar-refractivity contribution >= 4 is 33.4 Å². The molecule has 1 aromatic heterocycles. The van der Waals surface area contributed by atoms with E-state index in [0.717, 1.165) is 18.4 Å². The Kier molecular flexibility index (Phi) is 6.33. The van der Waals surface area contributed by atoms with E-state index in [2.05, 4.69) is 38.2 Å². The third-order valence-corrected chi connectivity index (χ3v) is 7.40. The molecule has 1 N–H and O–H groups in total. The molecular formula is C26H31N3O2S. The lowest BCUT2D eigenvalue weighted by atomic mass is 9.86. The fourth-order valence-electron chi connectivity index (χ4n) is 4.15. The lowest BCUT2D eigenvalue weighted by molar-refractivity contribution is -0.133. The summed E-state index contributed by atoms with van der Waals surface area (Å²) in [6.45, 7) is 9.58. The highest BCUT2D eigenvalue weighted by molar-refractivity contribution is 7.18. The number of para-hydroxylation sites is 1. The third kappa shape index (κ3) is 4.85. The molecule has 5 nitrogen and oxygen atoms in total. The van der Waals surface area contributed by atoms with Gasteiger partial charge >= 0.3 is 0 Å². The number of aromatic nitrogens is 1. The quantitative estimate of drug-likeness (QED) is 0.601. The minimum Gasteiger partial charge on any atom is -0.341 e. The summed E-state index contributed by atoms with van der Waals surface area (Å²) < 4.78 is 1.22. The summed E-state index contributed by atoms with van der Waals surface area (Å²) in [5.41, 5.74) is 2.84. The number of amides is 2. The van der Waals surface area contributed by atoms with Crippen molar-refractivity contribution in [3.05, 3.63) is 64.7 Å². The van der Waals surface area contributed by atoms with Gasteiger partial charge in [-0.15, -0.1) is 11.3 Å². The number of piperidine rings is 1. The molecule has 3 aromatic rings. The Morgan fingerprint density at radius 3 is 2.34 bits per heavy atom. The monoisotopic (exact) mass is 449 g/mol. The van der Waals surface area contributed by atoms with Crippen molar-refractivity contribution in [3.63, 3.8) is 0 Å². The molecule has 2 heterocycles. The summed E-state index contributed by atoms with van der Waals surface area (Å²) in [5.74, 6) is 0.158. The summed E-state index contributed by atoms with van der Waals surface area (Å²) in [6.07, 6.45) is 1.81. The first kappa shape index (κ1) is 22.5. The fraction of sp³-hybridized carbons (Fsp3) is 0.423. The number of carbonyl (C=O) groups is 2. The molecule has 1 atom stereocenters. The van der Waals surface area contributed by atoms with Crippen LogP contribution in [0.1, 0.15) is 67.4 Å². The van der Waals surface area contributed by atoms with Crippen LogP contribution in [0.4, 0.5) is 0 Å². The first-order chi connectivity index (χ1) is 15.2. The average molecular weight is 450 g/mol. The van der Waals surface area contributed by atoms with E-state index >= 15 is 0 Å². The zero-order valence-corrected chi connectivity index (χ0v) is 20.0. The largest absolute Gasteiger partial charge is 0.341 e. The number of nitrogens with one attached hydrogen (secondary N) is 1. The Labute approximate surface area is 193 Å². The molecule has 4 rings (SSSR count). The Bertz CT molecular complexity index is 1070. The molecule has 1 unspecified atom stereocenters. The highest BCUT2D eigenvalue weighted by Gasteiger charge is 2.29. The van der Waals surface area contributed by atoms with Gasteiger partial charge in [0.1, 0.15) is 6.04 Å². The number of nitrogens with zero attached hydrogens (tertiary/aromatic N) is 2. The van der Waals surface area contributed by atoms with Crippen LogP contribution in [0.5, 0.6) is 0 Å². The van der Waals surface area contributed by atoms with E-state index < -0.39 is 6.04 Å². The molecule has 32 heavy (non-hydrogen) atoms. The maximum Gasteiger partial charge on any atom is 0.251 e. The van der Waals surface area contributed by atoms with Gasteiger partial charge in [-0.25, -0.2) is 4.98 Å². The van der Waals surface area contributed by atoms with Crippen LogP contribution in [-0.4, -0.2) is 40.8 Å². The van der Waals surface area contributed by atoms with Gasteiger partial charge in [0.05, 0.1) is 15.2 Å². The SMILES string of the molecule is CC(NC(=O)c1ccc(C(C)(C)C)cc1)C(=O)N1CCC(c2nc3ccccc3s2)CC1. The molecule has 1 aliphatic heterocycles. The Hall–Kier alpha value is -2.73. The molecule has 0 radical (unpaired) electrons. The van der Waals surface area contributed by atoms with Crippen LogP contribution in [0.3, 0.4) is 0 Å². The van der Waals surface area contributed by atoms with Crippen molar-refractivity contribution in [2.45, 2.75) is 57.9 Å². The Morgan fingerprint density at radius 2 is 1.72 bits per heavy atom. The molecule has 2 aromatic carbocycles. The fourth-order valence-corrected chi connectivity index (χ4v) is 5.29. The van der Waals surface area contributed by atoms with E-state index in [4.69, 9.17) is 4.98 Å². The second kappa shape index (κ2) is 9.02. The van der Waals surface area contributed by atoms with Gasteiger partial charge in [0.25, 0.3) is 5.91 Å². The van der Waals surface area contributed by atoms with Crippen LogP contribution in [0.15, 0.2) is 48.5 Å². The summed E-state index contributed by atoms with van der Waals surface area (Å²) in [4.78, 5) is 32.2. The molecule has 1 saturated heterocycles. The topological polar surface area (TPSA) is 62.3 Å². The highest BCUT2D eigenvalue weighted by atomic mass is 32.1. The maximum absolute atomic E-state index is 12.9. The Morgan fingerprint density at radius 1 is 1.06 bits per heavy atom. The number of carbonyl (C=O) groups excluding carboxylic acids is 2. The minimum atomic E-state index is -0.552. The van der Waals surface area contributed by atoms with Crippen molar-refractivity contribution in [1.29, 1.82) is 0 Å². The van der Waals surface area contributed by atoms with E-state index in [-0.39, 0.29) is 17.2 Å². The first-order valence-corrected chi connectivity index (χ1v) is 12.1. The number of fused-ring (bicyclic) bond motifs is 1. The van der Waals surface area contributed by atoms with E-state index in [1.807, 2.05) is 41.3 Å². The van der Waals surface area contributed by atoms with Crippen molar-refractivity contribution in [3.8, 4) is 0 Å².